The van der Waals surface area contributed by atoms with Gasteiger partial charge in [-0.15, -0.1) is 20.6 Å². The summed E-state index contributed by atoms with van der Waals surface area (Å²) >= 11 is 0. The van der Waals surface area contributed by atoms with Gasteiger partial charge in [0.15, 0.2) is 0 Å². The third kappa shape index (κ3) is 3.98. The lowest BCUT2D eigenvalue weighted by atomic mass is 9.61. The van der Waals surface area contributed by atoms with Crippen molar-refractivity contribution in [2.75, 3.05) is 37.0 Å². The number of hydrogen-bond donors (Lipinski definition) is 0. The fourth-order valence-corrected chi connectivity index (χ4v) is 11.5. The fraction of sp³-hybridized carbons (Fsp3) is 0.900. The summed E-state index contributed by atoms with van der Waals surface area (Å²) in [5, 5.41) is 0. The zero-order chi connectivity index (χ0) is 16.8. The van der Waals surface area contributed by atoms with E-state index in [1.165, 1.54) is 37.9 Å². The predicted molar refractivity (Wildman–Crippen MR) is 110 cm³/mol. The standard InChI is InChI=1S/C20H38OS2/c1-7-18-15(12-13-23(5,6)21-22(2,3)4)10-11-19-16-8-9-17(14-16)20(18)19/h8-9,15-20H,7,10-14H2,1-6H3. The molecule has 0 aliphatic heterocycles. The molecule has 0 spiro atoms. The summed E-state index contributed by atoms with van der Waals surface area (Å²) in [6, 6.07) is 0. The van der Waals surface area contributed by atoms with Gasteiger partial charge in [0.25, 0.3) is 0 Å². The van der Waals surface area contributed by atoms with Gasteiger partial charge in [0.2, 0.25) is 0 Å². The lowest BCUT2D eigenvalue weighted by molar-refractivity contribution is 0.0747. The average molecular weight is 359 g/mol. The maximum atomic E-state index is 6.48. The van der Waals surface area contributed by atoms with Gasteiger partial charge < -0.3 is 0 Å². The Labute approximate surface area is 148 Å². The molecule has 3 heteroatoms. The maximum Gasteiger partial charge on any atom is -0.000187 e. The van der Waals surface area contributed by atoms with E-state index in [0.717, 1.165) is 35.5 Å². The second-order valence-corrected chi connectivity index (χ2v) is 16.6. The van der Waals surface area contributed by atoms with Crippen molar-refractivity contribution in [1.82, 2.24) is 0 Å². The zero-order valence-corrected chi connectivity index (χ0v) is 17.7. The third-order valence-corrected chi connectivity index (χ3v) is 10.8. The Morgan fingerprint density at radius 3 is 2.35 bits per heavy atom. The topological polar surface area (TPSA) is 9.23 Å². The van der Waals surface area contributed by atoms with Crippen molar-refractivity contribution in [3.8, 4) is 0 Å². The minimum atomic E-state index is -0.880. The van der Waals surface area contributed by atoms with Crippen LogP contribution in [-0.2, 0) is 3.63 Å². The molecule has 0 aromatic carbocycles. The molecule has 0 radical (unpaired) electrons. The Kier molecular flexibility index (Phi) is 5.23. The van der Waals surface area contributed by atoms with Crippen molar-refractivity contribution in [3.05, 3.63) is 12.2 Å². The van der Waals surface area contributed by atoms with Gasteiger partial charge in [-0.1, -0.05) is 25.5 Å². The molecule has 3 aliphatic carbocycles. The Morgan fingerprint density at radius 2 is 1.70 bits per heavy atom. The predicted octanol–water partition coefficient (Wildman–Crippen LogP) is 5.86. The fourth-order valence-electron chi connectivity index (χ4n) is 5.92. The third-order valence-electron chi connectivity index (χ3n) is 6.50. The molecule has 2 bridgehead atoms. The van der Waals surface area contributed by atoms with E-state index in [9.17, 15) is 0 Å². The lowest BCUT2D eigenvalue weighted by Gasteiger charge is -2.46. The van der Waals surface area contributed by atoms with E-state index in [2.05, 4.69) is 50.4 Å². The van der Waals surface area contributed by atoms with Gasteiger partial charge in [0.1, 0.15) is 0 Å². The van der Waals surface area contributed by atoms with Gasteiger partial charge in [0.05, 0.1) is 0 Å². The Hall–Kier alpha value is 0.400. The SMILES string of the molecule is CCC1C(CCS(C)(C)OS(C)(C)C)CCC2C3C=CC(C3)C21. The van der Waals surface area contributed by atoms with Gasteiger partial charge in [0, 0.05) is 0 Å². The van der Waals surface area contributed by atoms with Crippen LogP contribution in [0.2, 0.25) is 0 Å². The van der Waals surface area contributed by atoms with Gasteiger partial charge in [-0.2, -0.15) is 0 Å². The lowest BCUT2D eigenvalue weighted by Crippen LogP contribution is -2.37. The summed E-state index contributed by atoms with van der Waals surface area (Å²) in [4.78, 5) is 0. The van der Waals surface area contributed by atoms with Crippen molar-refractivity contribution >= 4 is 20.6 Å². The Morgan fingerprint density at radius 1 is 1.00 bits per heavy atom. The molecule has 6 unspecified atom stereocenters. The second kappa shape index (κ2) is 6.61. The number of allylic oxidation sites excluding steroid dienone is 2. The summed E-state index contributed by atoms with van der Waals surface area (Å²) in [7, 11) is -1.73. The molecular weight excluding hydrogens is 320 g/mol. The molecule has 136 valence electrons. The van der Waals surface area contributed by atoms with Gasteiger partial charge in [-0.3, -0.25) is 3.63 Å². The van der Waals surface area contributed by atoms with Gasteiger partial charge in [-0.25, -0.2) is 0 Å². The van der Waals surface area contributed by atoms with E-state index in [1.807, 2.05) is 0 Å². The minimum absolute atomic E-state index is 0.847. The van der Waals surface area contributed by atoms with Crippen LogP contribution in [0.3, 0.4) is 0 Å². The summed E-state index contributed by atoms with van der Waals surface area (Å²) in [5.41, 5.74) is 0. The van der Waals surface area contributed by atoms with Crippen LogP contribution in [0.4, 0.5) is 0 Å². The van der Waals surface area contributed by atoms with Crippen molar-refractivity contribution in [1.29, 1.82) is 0 Å². The molecule has 3 rings (SSSR count). The van der Waals surface area contributed by atoms with Crippen molar-refractivity contribution in [2.45, 2.75) is 39.0 Å². The first kappa shape index (κ1) is 18.2. The van der Waals surface area contributed by atoms with Crippen molar-refractivity contribution in [2.24, 2.45) is 35.5 Å². The number of fused-ring (bicyclic) bond motifs is 5. The number of hydrogen-bond acceptors (Lipinski definition) is 1. The first-order valence-electron chi connectivity index (χ1n) is 9.49. The van der Waals surface area contributed by atoms with E-state index in [0.29, 0.717) is 0 Å². The minimum Gasteiger partial charge on any atom is -0.292 e. The monoisotopic (exact) mass is 358 g/mol. The molecule has 2 saturated carbocycles. The molecule has 0 heterocycles. The molecule has 0 saturated heterocycles. The quantitative estimate of drug-likeness (QED) is 0.541. The average Bonchev–Trinajstić information content (AvgIpc) is 3.03. The maximum absolute atomic E-state index is 6.48. The van der Waals surface area contributed by atoms with Crippen LogP contribution in [0.25, 0.3) is 0 Å². The van der Waals surface area contributed by atoms with Gasteiger partial charge >= 0.3 is 0 Å². The molecular formula is C20H38OS2. The van der Waals surface area contributed by atoms with Crippen molar-refractivity contribution < 1.29 is 3.63 Å². The highest BCUT2D eigenvalue weighted by molar-refractivity contribution is 8.40. The summed E-state index contributed by atoms with van der Waals surface area (Å²) in [5.74, 6) is 7.15. The van der Waals surface area contributed by atoms with E-state index in [1.54, 1.807) is 0 Å². The second-order valence-electron chi connectivity index (χ2n) is 9.32. The molecule has 0 aromatic heterocycles. The molecule has 1 nitrogen and oxygen atoms in total. The Balaban J connectivity index is 1.61. The van der Waals surface area contributed by atoms with Crippen LogP contribution in [0.1, 0.15) is 39.0 Å². The Bertz CT molecular complexity index is 451. The smallest absolute Gasteiger partial charge is 0.000187 e. The summed E-state index contributed by atoms with van der Waals surface area (Å²) < 4.78 is 6.48. The summed E-state index contributed by atoms with van der Waals surface area (Å²) in [6.07, 6.45) is 24.0. The van der Waals surface area contributed by atoms with Crippen LogP contribution in [-0.4, -0.2) is 37.0 Å². The van der Waals surface area contributed by atoms with E-state index < -0.39 is 20.6 Å². The molecule has 0 aromatic rings. The number of rotatable bonds is 6. The molecule has 2 fully saturated rings. The molecule has 6 atom stereocenters. The van der Waals surface area contributed by atoms with Crippen molar-refractivity contribution in [3.63, 3.8) is 0 Å². The normalized spacial score (nSPS) is 41.1. The first-order valence-corrected chi connectivity index (χ1v) is 14.8. The molecule has 3 aliphatic rings. The van der Waals surface area contributed by atoms with E-state index >= 15 is 0 Å². The molecule has 23 heavy (non-hydrogen) atoms. The van der Waals surface area contributed by atoms with Crippen LogP contribution in [0, 0.1) is 35.5 Å². The zero-order valence-electron chi connectivity index (χ0n) is 16.1. The van der Waals surface area contributed by atoms with Crippen LogP contribution in [0.5, 0.6) is 0 Å². The van der Waals surface area contributed by atoms with Gasteiger partial charge in [-0.05, 0) is 98.2 Å². The first-order chi connectivity index (χ1) is 10.7. The summed E-state index contributed by atoms with van der Waals surface area (Å²) in [6.45, 7) is 2.45. The highest BCUT2D eigenvalue weighted by atomic mass is 32.3. The molecule has 0 amide bonds. The highest BCUT2D eigenvalue weighted by Crippen LogP contribution is 2.60. The van der Waals surface area contributed by atoms with Crippen LogP contribution >= 0.6 is 20.6 Å². The highest BCUT2D eigenvalue weighted by Gasteiger charge is 2.51. The largest absolute Gasteiger partial charge is 0.292 e. The van der Waals surface area contributed by atoms with Crippen LogP contribution < -0.4 is 0 Å². The van der Waals surface area contributed by atoms with E-state index in [-0.39, 0.29) is 0 Å². The molecule has 0 N–H and O–H groups in total. The van der Waals surface area contributed by atoms with Crippen LogP contribution in [0.15, 0.2) is 12.2 Å². The van der Waals surface area contributed by atoms with E-state index in [4.69, 9.17) is 3.63 Å².